The van der Waals surface area contributed by atoms with Gasteiger partial charge in [0.25, 0.3) is 5.91 Å². The summed E-state index contributed by atoms with van der Waals surface area (Å²) in [4.78, 5) is 13.3. The number of amides is 1. The number of aliphatic hydroxyl groups is 2. The van der Waals surface area contributed by atoms with Crippen LogP contribution in [0.25, 0.3) is 10.9 Å². The molecule has 1 atom stereocenters. The second kappa shape index (κ2) is 11.7. The van der Waals surface area contributed by atoms with E-state index in [0.29, 0.717) is 21.7 Å². The number of fused-ring (bicyclic) bond motifs is 1. The number of aromatic nitrogens is 1. The topological polar surface area (TPSA) is 109 Å². The Balaban J connectivity index is 1.70. The third-order valence-corrected chi connectivity index (χ3v) is 8.47. The van der Waals surface area contributed by atoms with Gasteiger partial charge in [0, 0.05) is 40.1 Å². The van der Waals surface area contributed by atoms with E-state index in [1.807, 2.05) is 6.92 Å². The van der Waals surface area contributed by atoms with Crippen molar-refractivity contribution in [2.45, 2.75) is 37.7 Å². The molecular formula is C29H31ClN2O5S. The van der Waals surface area contributed by atoms with Gasteiger partial charge < -0.3 is 20.1 Å². The van der Waals surface area contributed by atoms with Crippen molar-refractivity contribution >= 4 is 38.2 Å². The molecule has 0 bridgehead atoms. The first-order valence-corrected chi connectivity index (χ1v) is 14.0. The molecule has 3 N–H and O–H groups in total. The maximum atomic E-state index is 13.2. The van der Waals surface area contributed by atoms with Crippen LogP contribution >= 0.6 is 11.6 Å². The molecule has 0 saturated heterocycles. The van der Waals surface area contributed by atoms with Crippen LogP contribution in [0.2, 0.25) is 5.02 Å². The molecule has 0 aliphatic carbocycles. The number of carbonyl (C=O) groups is 1. The van der Waals surface area contributed by atoms with Crippen LogP contribution in [0.15, 0.2) is 71.6 Å². The molecule has 0 spiro atoms. The molecule has 0 aliphatic rings. The minimum Gasteiger partial charge on any atom is -0.395 e. The standard InChI is InChI=1S/C29H31ClN2O5S/c1-3-38(36,37)26-9-5-20(6-10-26)27(18-34)31-29(35)22-7-11-28-23(15-22)17-25(32(28)12-13-33)16-21-4-8-24(30)14-19(21)2/h4-11,14-15,17,27,33-34H,3,12-13,16,18H2,1-2H3,(H,31,35)/t27-/m0/s1/i12D2,13D2. The summed E-state index contributed by atoms with van der Waals surface area (Å²) in [6.07, 6.45) is 0.200. The highest BCUT2D eigenvalue weighted by Gasteiger charge is 2.19. The number of nitrogens with zero attached hydrogens (tertiary/aromatic N) is 1. The summed E-state index contributed by atoms with van der Waals surface area (Å²) in [6.45, 7) is -3.13. The number of hydrogen-bond donors (Lipinski definition) is 3. The van der Waals surface area contributed by atoms with Crippen LogP contribution in [0.5, 0.6) is 0 Å². The van der Waals surface area contributed by atoms with E-state index in [-0.39, 0.29) is 28.1 Å². The molecule has 38 heavy (non-hydrogen) atoms. The van der Waals surface area contributed by atoms with E-state index in [0.717, 1.165) is 15.7 Å². The first-order chi connectivity index (χ1) is 19.6. The Morgan fingerprint density at radius 3 is 2.45 bits per heavy atom. The Hall–Kier alpha value is -3.17. The van der Waals surface area contributed by atoms with Crippen LogP contribution in [0.1, 0.15) is 51.2 Å². The number of sulfone groups is 1. The third-order valence-electron chi connectivity index (χ3n) is 6.49. The van der Waals surface area contributed by atoms with Crippen molar-refractivity contribution in [3.63, 3.8) is 0 Å². The molecule has 0 fully saturated rings. The lowest BCUT2D eigenvalue weighted by atomic mass is 10.0. The van der Waals surface area contributed by atoms with Gasteiger partial charge >= 0.3 is 0 Å². The maximum Gasteiger partial charge on any atom is 0.251 e. The Bertz CT molecular complexity index is 1740. The van der Waals surface area contributed by atoms with Gasteiger partial charge in [-0.2, -0.15) is 0 Å². The van der Waals surface area contributed by atoms with Crippen LogP contribution in [0, 0.1) is 6.92 Å². The van der Waals surface area contributed by atoms with E-state index in [2.05, 4.69) is 5.32 Å². The fraction of sp³-hybridized carbons (Fsp3) is 0.276. The van der Waals surface area contributed by atoms with Crippen LogP contribution in [0.4, 0.5) is 0 Å². The minimum absolute atomic E-state index is 0.0534. The number of rotatable bonds is 10. The first-order valence-electron chi connectivity index (χ1n) is 14.0. The summed E-state index contributed by atoms with van der Waals surface area (Å²) in [5.74, 6) is -0.591. The number of aliphatic hydroxyl groups excluding tert-OH is 1. The highest BCUT2D eigenvalue weighted by Crippen LogP contribution is 2.26. The lowest BCUT2D eigenvalue weighted by Crippen LogP contribution is -2.30. The predicted molar refractivity (Wildman–Crippen MR) is 149 cm³/mol. The first kappa shape index (κ1) is 22.8. The Labute approximate surface area is 233 Å². The maximum absolute atomic E-state index is 13.2. The smallest absolute Gasteiger partial charge is 0.251 e. The molecule has 1 amide bonds. The number of benzene rings is 3. The highest BCUT2D eigenvalue weighted by molar-refractivity contribution is 7.91. The van der Waals surface area contributed by atoms with E-state index in [1.54, 1.807) is 31.2 Å². The summed E-state index contributed by atoms with van der Waals surface area (Å²) in [6, 6.07) is 16.4. The molecule has 4 rings (SSSR count). The molecule has 7 nitrogen and oxygen atoms in total. The molecular weight excluding hydrogens is 524 g/mol. The van der Waals surface area contributed by atoms with E-state index >= 15 is 0 Å². The molecule has 200 valence electrons. The minimum atomic E-state index is -3.40. The zero-order chi connectivity index (χ0) is 31.0. The summed E-state index contributed by atoms with van der Waals surface area (Å²) in [7, 11) is -3.40. The fourth-order valence-corrected chi connectivity index (χ4v) is 5.44. The molecule has 0 saturated carbocycles. The van der Waals surface area contributed by atoms with Gasteiger partial charge in [-0.05, 0) is 72.1 Å². The summed E-state index contributed by atoms with van der Waals surface area (Å²) < 4.78 is 57.8. The Morgan fingerprint density at radius 2 is 1.82 bits per heavy atom. The van der Waals surface area contributed by atoms with Crippen molar-refractivity contribution in [2.75, 3.05) is 18.9 Å². The molecule has 0 aliphatic heterocycles. The average Bonchev–Trinajstić information content (AvgIpc) is 3.30. The van der Waals surface area contributed by atoms with E-state index in [1.165, 1.54) is 42.5 Å². The lowest BCUT2D eigenvalue weighted by molar-refractivity contribution is 0.0916. The van der Waals surface area contributed by atoms with E-state index < -0.39 is 41.4 Å². The zero-order valence-corrected chi connectivity index (χ0v) is 22.5. The second-order valence-electron chi connectivity index (χ2n) is 8.90. The summed E-state index contributed by atoms with van der Waals surface area (Å²) in [5, 5.41) is 23.8. The zero-order valence-electron chi connectivity index (χ0n) is 24.9. The highest BCUT2D eigenvalue weighted by atomic mass is 35.5. The molecule has 9 heteroatoms. The van der Waals surface area contributed by atoms with Crippen molar-refractivity contribution in [3.05, 3.63) is 99.7 Å². The largest absolute Gasteiger partial charge is 0.395 e. The van der Waals surface area contributed by atoms with Gasteiger partial charge in [0.15, 0.2) is 9.84 Å². The third kappa shape index (κ3) is 5.94. The fourth-order valence-electron chi connectivity index (χ4n) is 4.33. The van der Waals surface area contributed by atoms with Crippen molar-refractivity contribution in [3.8, 4) is 0 Å². The average molecular weight is 559 g/mol. The van der Waals surface area contributed by atoms with E-state index in [9.17, 15) is 23.4 Å². The van der Waals surface area contributed by atoms with Crippen molar-refractivity contribution in [1.82, 2.24) is 9.88 Å². The van der Waals surface area contributed by atoms with Crippen molar-refractivity contribution in [2.24, 2.45) is 0 Å². The number of carbonyl (C=O) groups excluding carboxylic acids is 1. The van der Waals surface area contributed by atoms with E-state index in [4.69, 9.17) is 17.1 Å². The van der Waals surface area contributed by atoms with Crippen LogP contribution in [-0.2, 0) is 22.8 Å². The molecule has 0 radical (unpaired) electrons. The predicted octanol–water partition coefficient (Wildman–Crippen LogP) is 4.44. The number of aryl methyl sites for hydroxylation is 2. The molecule has 3 aromatic carbocycles. The monoisotopic (exact) mass is 558 g/mol. The van der Waals surface area contributed by atoms with Crippen LogP contribution < -0.4 is 5.32 Å². The van der Waals surface area contributed by atoms with Gasteiger partial charge in [-0.15, -0.1) is 0 Å². The van der Waals surface area contributed by atoms with Gasteiger partial charge in [-0.3, -0.25) is 4.79 Å². The van der Waals surface area contributed by atoms with Crippen LogP contribution in [-0.4, -0.2) is 48.0 Å². The SMILES string of the molecule is [2H]C([2H])(O)C([2H])([2H])n1c(Cc2ccc(Cl)cc2C)cc2cc(C(=O)N[C@@H](CO)c3ccc(S(=O)(=O)CC)cc3)ccc21. The van der Waals surface area contributed by atoms with Crippen LogP contribution in [0.3, 0.4) is 0 Å². The van der Waals surface area contributed by atoms with Crippen molar-refractivity contribution < 1.29 is 28.9 Å². The Kier molecular flexibility index (Phi) is 7.01. The van der Waals surface area contributed by atoms with Gasteiger partial charge in [0.2, 0.25) is 0 Å². The van der Waals surface area contributed by atoms with Gasteiger partial charge in [0.05, 0.1) is 35.3 Å². The normalized spacial score (nSPS) is 14.9. The quantitative estimate of drug-likeness (QED) is 0.266. The molecule has 0 unspecified atom stereocenters. The number of halogens is 1. The lowest BCUT2D eigenvalue weighted by Gasteiger charge is -2.17. The molecule has 1 heterocycles. The Morgan fingerprint density at radius 1 is 1.08 bits per heavy atom. The number of nitrogens with one attached hydrogen (secondary N) is 1. The van der Waals surface area contributed by atoms with Gasteiger partial charge in [0.1, 0.15) is 0 Å². The second-order valence-corrected chi connectivity index (χ2v) is 11.6. The van der Waals surface area contributed by atoms with Gasteiger partial charge in [-0.1, -0.05) is 36.7 Å². The van der Waals surface area contributed by atoms with Gasteiger partial charge in [-0.25, -0.2) is 8.42 Å². The summed E-state index contributed by atoms with van der Waals surface area (Å²) >= 11 is 6.09. The number of hydrogen-bond acceptors (Lipinski definition) is 5. The molecule has 4 aromatic rings. The molecule has 1 aromatic heterocycles. The van der Waals surface area contributed by atoms with Crippen molar-refractivity contribution in [1.29, 1.82) is 0 Å². The summed E-state index contributed by atoms with van der Waals surface area (Å²) in [5.41, 5.74) is 3.01.